The molecule has 1 aromatic carbocycles. The third-order valence-electron chi connectivity index (χ3n) is 4.77. The Bertz CT molecular complexity index is 881. The van der Waals surface area contributed by atoms with Gasteiger partial charge in [-0.3, -0.25) is 9.89 Å². The van der Waals surface area contributed by atoms with E-state index in [0.717, 1.165) is 48.2 Å². The summed E-state index contributed by atoms with van der Waals surface area (Å²) in [5.41, 5.74) is 4.71. The number of carbonyl (C=O) groups is 1. The molecule has 4 rings (SSSR count). The largest absolute Gasteiger partial charge is 0.344 e. The van der Waals surface area contributed by atoms with E-state index >= 15 is 0 Å². The van der Waals surface area contributed by atoms with Crippen LogP contribution in [0, 0.1) is 0 Å². The monoisotopic (exact) mass is 335 g/mol. The normalized spacial score (nSPS) is 14.8. The third-order valence-corrected chi connectivity index (χ3v) is 4.77. The Hall–Kier alpha value is -2.89. The summed E-state index contributed by atoms with van der Waals surface area (Å²) in [6.07, 6.45) is 7.82. The molecule has 1 aliphatic carbocycles. The molecular weight excluding hydrogens is 314 g/mol. The molecule has 0 fully saturated rings. The summed E-state index contributed by atoms with van der Waals surface area (Å²) in [5.74, 6) is -0.123. The van der Waals surface area contributed by atoms with Crippen molar-refractivity contribution in [1.29, 1.82) is 0 Å². The number of para-hydroxylation sites is 1. The van der Waals surface area contributed by atoms with Crippen LogP contribution in [0.25, 0.3) is 5.69 Å². The minimum absolute atomic E-state index is 0.123. The predicted octanol–water partition coefficient (Wildman–Crippen LogP) is 2.97. The van der Waals surface area contributed by atoms with Crippen LogP contribution in [-0.2, 0) is 12.8 Å². The molecule has 0 radical (unpaired) electrons. The van der Waals surface area contributed by atoms with E-state index in [2.05, 4.69) is 20.6 Å². The van der Waals surface area contributed by atoms with E-state index in [-0.39, 0.29) is 11.9 Å². The summed E-state index contributed by atoms with van der Waals surface area (Å²) < 4.78 is 1.81. The summed E-state index contributed by atoms with van der Waals surface area (Å²) in [4.78, 5) is 12.7. The maximum absolute atomic E-state index is 12.7. The number of benzene rings is 1. The van der Waals surface area contributed by atoms with E-state index in [1.807, 2.05) is 48.1 Å². The fourth-order valence-corrected chi connectivity index (χ4v) is 3.49. The topological polar surface area (TPSA) is 75.6 Å². The number of amides is 1. The molecule has 0 saturated heterocycles. The highest BCUT2D eigenvalue weighted by Gasteiger charge is 2.23. The number of nitrogens with zero attached hydrogens (tertiary/aromatic N) is 3. The fourth-order valence-electron chi connectivity index (χ4n) is 3.49. The average Bonchev–Trinajstić information content (AvgIpc) is 3.31. The number of aryl methyl sites for hydroxylation is 1. The molecule has 2 aromatic heterocycles. The molecule has 1 unspecified atom stereocenters. The molecule has 1 aliphatic rings. The minimum atomic E-state index is -0.149. The zero-order chi connectivity index (χ0) is 17.2. The highest BCUT2D eigenvalue weighted by Crippen LogP contribution is 2.24. The van der Waals surface area contributed by atoms with Gasteiger partial charge < -0.3 is 5.32 Å². The van der Waals surface area contributed by atoms with Gasteiger partial charge in [-0.15, -0.1) is 0 Å². The summed E-state index contributed by atoms with van der Waals surface area (Å²) in [6.45, 7) is 1.99. The van der Waals surface area contributed by atoms with Crippen LogP contribution in [0.5, 0.6) is 0 Å². The fraction of sp³-hybridized carbons (Fsp3) is 0.316. The molecule has 2 heterocycles. The third kappa shape index (κ3) is 2.95. The molecule has 0 spiro atoms. The second-order valence-corrected chi connectivity index (χ2v) is 6.44. The second-order valence-electron chi connectivity index (χ2n) is 6.44. The summed E-state index contributed by atoms with van der Waals surface area (Å²) >= 11 is 0. The van der Waals surface area contributed by atoms with E-state index in [4.69, 9.17) is 0 Å². The lowest BCUT2D eigenvalue weighted by atomic mass is 9.95. The van der Waals surface area contributed by atoms with Crippen molar-refractivity contribution in [2.75, 3.05) is 0 Å². The Kier molecular flexibility index (Phi) is 4.09. The number of hydrogen-bond acceptors (Lipinski definition) is 3. The second kappa shape index (κ2) is 6.55. The van der Waals surface area contributed by atoms with Crippen molar-refractivity contribution < 1.29 is 4.79 Å². The first-order valence-electron chi connectivity index (χ1n) is 8.70. The Morgan fingerprint density at radius 2 is 2.08 bits per heavy atom. The number of carbonyl (C=O) groups excluding carboxylic acids is 1. The highest BCUT2D eigenvalue weighted by molar-refractivity contribution is 5.94. The van der Waals surface area contributed by atoms with Crippen LogP contribution in [0.15, 0.2) is 42.7 Å². The molecule has 0 saturated carbocycles. The number of rotatable bonds is 4. The van der Waals surface area contributed by atoms with Crippen LogP contribution < -0.4 is 5.32 Å². The number of hydrogen-bond donors (Lipinski definition) is 2. The van der Waals surface area contributed by atoms with Crippen LogP contribution >= 0.6 is 0 Å². The highest BCUT2D eigenvalue weighted by atomic mass is 16.2. The van der Waals surface area contributed by atoms with E-state index in [1.165, 1.54) is 0 Å². The maximum atomic E-state index is 12.7. The van der Waals surface area contributed by atoms with Crippen molar-refractivity contribution in [3.05, 3.63) is 65.2 Å². The molecule has 0 aliphatic heterocycles. The van der Waals surface area contributed by atoms with Crippen molar-refractivity contribution in [1.82, 2.24) is 25.3 Å². The standard InChI is InChI=1S/C19H21N5O/c1-13(14-7-3-5-10-17(14)24-12-6-11-20-24)21-19(25)18-15-8-2-4-9-16(15)22-23-18/h3,5-7,10-13H,2,4,8-9H2,1H3,(H,21,25)(H,22,23). The number of aromatic amines is 1. The molecule has 2 N–H and O–H groups in total. The van der Waals surface area contributed by atoms with Gasteiger partial charge in [-0.25, -0.2) is 4.68 Å². The van der Waals surface area contributed by atoms with Crippen molar-refractivity contribution in [2.45, 2.75) is 38.6 Å². The Morgan fingerprint density at radius 1 is 1.24 bits per heavy atom. The van der Waals surface area contributed by atoms with Crippen LogP contribution in [0.3, 0.4) is 0 Å². The zero-order valence-electron chi connectivity index (χ0n) is 14.2. The van der Waals surface area contributed by atoms with Gasteiger partial charge in [0.15, 0.2) is 5.69 Å². The first-order chi connectivity index (χ1) is 12.2. The van der Waals surface area contributed by atoms with Crippen molar-refractivity contribution in [3.63, 3.8) is 0 Å². The minimum Gasteiger partial charge on any atom is -0.344 e. The molecule has 1 amide bonds. The maximum Gasteiger partial charge on any atom is 0.272 e. The predicted molar refractivity (Wildman–Crippen MR) is 94.7 cm³/mol. The molecule has 3 aromatic rings. The van der Waals surface area contributed by atoms with E-state index in [9.17, 15) is 4.79 Å². The van der Waals surface area contributed by atoms with Gasteiger partial charge in [0, 0.05) is 23.7 Å². The van der Waals surface area contributed by atoms with Gasteiger partial charge in [0.25, 0.3) is 5.91 Å². The van der Waals surface area contributed by atoms with Gasteiger partial charge in [-0.05, 0) is 50.3 Å². The van der Waals surface area contributed by atoms with Crippen molar-refractivity contribution in [3.8, 4) is 5.69 Å². The quantitative estimate of drug-likeness (QED) is 0.769. The van der Waals surface area contributed by atoms with Gasteiger partial charge in [-0.2, -0.15) is 10.2 Å². The molecule has 6 heteroatoms. The number of nitrogens with one attached hydrogen (secondary N) is 2. The smallest absolute Gasteiger partial charge is 0.272 e. The number of aromatic nitrogens is 4. The first-order valence-corrected chi connectivity index (χ1v) is 8.70. The van der Waals surface area contributed by atoms with Gasteiger partial charge in [-0.1, -0.05) is 18.2 Å². The average molecular weight is 335 g/mol. The molecule has 1 atom stereocenters. The molecular formula is C19H21N5O. The lowest BCUT2D eigenvalue weighted by Crippen LogP contribution is -2.28. The Labute approximate surface area is 146 Å². The summed E-state index contributed by atoms with van der Waals surface area (Å²) in [7, 11) is 0. The first kappa shape index (κ1) is 15.6. The van der Waals surface area contributed by atoms with Crippen molar-refractivity contribution in [2.24, 2.45) is 0 Å². The van der Waals surface area contributed by atoms with Gasteiger partial charge in [0.1, 0.15) is 0 Å². The SMILES string of the molecule is CC(NC(=O)c1n[nH]c2c1CCCC2)c1ccccc1-n1cccn1. The molecule has 6 nitrogen and oxygen atoms in total. The molecule has 0 bridgehead atoms. The number of H-pyrrole nitrogens is 1. The molecule has 25 heavy (non-hydrogen) atoms. The van der Waals surface area contributed by atoms with Gasteiger partial charge >= 0.3 is 0 Å². The van der Waals surface area contributed by atoms with Crippen LogP contribution in [-0.4, -0.2) is 25.9 Å². The van der Waals surface area contributed by atoms with Crippen LogP contribution in [0.1, 0.15) is 53.1 Å². The Morgan fingerprint density at radius 3 is 2.92 bits per heavy atom. The van der Waals surface area contributed by atoms with E-state index in [1.54, 1.807) is 6.20 Å². The van der Waals surface area contributed by atoms with Crippen LogP contribution in [0.4, 0.5) is 0 Å². The lowest BCUT2D eigenvalue weighted by molar-refractivity contribution is 0.0933. The van der Waals surface area contributed by atoms with E-state index < -0.39 is 0 Å². The number of fused-ring (bicyclic) bond motifs is 1. The lowest BCUT2D eigenvalue weighted by Gasteiger charge is -2.18. The Balaban J connectivity index is 1.58. The van der Waals surface area contributed by atoms with Crippen molar-refractivity contribution >= 4 is 5.91 Å². The van der Waals surface area contributed by atoms with E-state index in [0.29, 0.717) is 5.69 Å². The summed E-state index contributed by atoms with van der Waals surface area (Å²) in [6, 6.07) is 9.70. The molecule has 128 valence electrons. The summed E-state index contributed by atoms with van der Waals surface area (Å²) in [5, 5.41) is 14.7. The van der Waals surface area contributed by atoms with Gasteiger partial charge in [0.05, 0.1) is 11.7 Å². The zero-order valence-corrected chi connectivity index (χ0v) is 14.2. The van der Waals surface area contributed by atoms with Gasteiger partial charge in [0.2, 0.25) is 0 Å². The van der Waals surface area contributed by atoms with Crippen LogP contribution in [0.2, 0.25) is 0 Å².